The minimum Gasteiger partial charge on any atom is -0.467 e. The second kappa shape index (κ2) is 6.27. The van der Waals surface area contributed by atoms with E-state index in [1.54, 1.807) is 6.20 Å². The van der Waals surface area contributed by atoms with Crippen LogP contribution in [0.15, 0.2) is 30.5 Å². The molecule has 1 aliphatic rings. The van der Waals surface area contributed by atoms with Gasteiger partial charge in [0.25, 0.3) is 0 Å². The summed E-state index contributed by atoms with van der Waals surface area (Å²) in [5.74, 6) is 2.31. The number of esters is 1. The number of hydrogen-bond donors (Lipinski definition) is 0. The van der Waals surface area contributed by atoms with Crippen molar-refractivity contribution in [3.05, 3.63) is 36.0 Å². The summed E-state index contributed by atoms with van der Waals surface area (Å²) in [4.78, 5) is 18.4. The van der Waals surface area contributed by atoms with Crippen molar-refractivity contribution in [1.29, 1.82) is 0 Å². The van der Waals surface area contributed by atoms with Gasteiger partial charge in [-0.05, 0) is 31.2 Å². The number of pyridine rings is 1. The summed E-state index contributed by atoms with van der Waals surface area (Å²) in [6.07, 6.45) is 6.62. The van der Waals surface area contributed by atoms with Gasteiger partial charge in [0.1, 0.15) is 0 Å². The molecular formula is C18H18N2O3. The lowest BCUT2D eigenvalue weighted by Crippen LogP contribution is -2.50. The fourth-order valence-corrected chi connectivity index (χ4v) is 2.96. The third-order valence-electron chi connectivity index (χ3n) is 3.97. The van der Waals surface area contributed by atoms with E-state index in [9.17, 15) is 4.79 Å². The second-order valence-electron chi connectivity index (χ2n) is 5.54. The van der Waals surface area contributed by atoms with Crippen LogP contribution in [-0.2, 0) is 14.3 Å². The average Bonchev–Trinajstić information content (AvgIpc) is 2.59. The van der Waals surface area contributed by atoms with Crippen LogP contribution in [0.5, 0.6) is 0 Å². The molecule has 2 aromatic rings. The Bertz CT molecular complexity index is 781. The summed E-state index contributed by atoms with van der Waals surface area (Å²) in [6.45, 7) is 3.07. The van der Waals surface area contributed by atoms with E-state index in [2.05, 4.69) is 15.8 Å². The van der Waals surface area contributed by atoms with Crippen molar-refractivity contribution >= 4 is 22.6 Å². The number of rotatable bonds is 2. The Kier molecular flexibility index (Phi) is 4.18. The monoisotopic (exact) mass is 310 g/mol. The van der Waals surface area contributed by atoms with Crippen molar-refractivity contribution in [1.82, 2.24) is 4.98 Å². The third kappa shape index (κ3) is 2.86. The van der Waals surface area contributed by atoms with Gasteiger partial charge in [-0.1, -0.05) is 5.92 Å². The Morgan fingerprint density at radius 2 is 2.26 bits per heavy atom. The van der Waals surface area contributed by atoms with Crippen LogP contribution in [0.2, 0.25) is 0 Å². The second-order valence-corrected chi connectivity index (χ2v) is 5.54. The van der Waals surface area contributed by atoms with Gasteiger partial charge in [0.15, 0.2) is 6.10 Å². The van der Waals surface area contributed by atoms with E-state index in [4.69, 9.17) is 15.9 Å². The number of fused-ring (bicyclic) bond motifs is 1. The Hall–Kier alpha value is -2.58. The van der Waals surface area contributed by atoms with Gasteiger partial charge in [-0.3, -0.25) is 4.98 Å². The molecule has 1 aromatic carbocycles. The minimum absolute atomic E-state index is 0.0770. The van der Waals surface area contributed by atoms with Crippen LogP contribution in [0.4, 0.5) is 5.69 Å². The van der Waals surface area contributed by atoms with Crippen LogP contribution in [0.25, 0.3) is 10.9 Å². The smallest absolute Gasteiger partial charge is 0.336 e. The van der Waals surface area contributed by atoms with Gasteiger partial charge in [-0.15, -0.1) is 6.42 Å². The number of aromatic nitrogens is 1. The molecule has 3 rings (SSSR count). The van der Waals surface area contributed by atoms with Crippen LogP contribution in [0, 0.1) is 12.3 Å². The Balaban J connectivity index is 2.03. The first kappa shape index (κ1) is 15.3. The maximum Gasteiger partial charge on any atom is 0.336 e. The molecule has 118 valence electrons. The van der Waals surface area contributed by atoms with Crippen molar-refractivity contribution in [3.63, 3.8) is 0 Å². The molecule has 0 spiro atoms. The summed E-state index contributed by atoms with van der Waals surface area (Å²) >= 11 is 0. The maximum atomic E-state index is 11.8. The van der Waals surface area contributed by atoms with Gasteiger partial charge in [-0.25, -0.2) is 4.79 Å². The summed E-state index contributed by atoms with van der Waals surface area (Å²) in [7, 11) is 1.37. The molecule has 2 atom stereocenters. The minimum atomic E-state index is -0.595. The molecule has 0 amide bonds. The summed E-state index contributed by atoms with van der Waals surface area (Å²) in [5, 5.41) is 0.973. The zero-order valence-electron chi connectivity index (χ0n) is 13.2. The molecule has 0 aliphatic carbocycles. The van der Waals surface area contributed by atoms with Crippen molar-refractivity contribution in [2.45, 2.75) is 19.1 Å². The molecule has 1 saturated heterocycles. The normalized spacial score (nSPS) is 21.0. The molecule has 23 heavy (non-hydrogen) atoms. The third-order valence-corrected chi connectivity index (χ3v) is 3.97. The van der Waals surface area contributed by atoms with Crippen LogP contribution in [-0.4, -0.2) is 43.4 Å². The first-order valence-corrected chi connectivity index (χ1v) is 7.46. The zero-order chi connectivity index (χ0) is 16.4. The van der Waals surface area contributed by atoms with Crippen molar-refractivity contribution < 1.29 is 14.3 Å². The molecule has 1 aliphatic heterocycles. The van der Waals surface area contributed by atoms with E-state index in [-0.39, 0.29) is 12.1 Å². The SMILES string of the molecule is C#Cc1ccc(N2C[C@@H](C)O[C@@H](C(=O)OC)C2)c2cccnc12. The van der Waals surface area contributed by atoms with E-state index in [1.165, 1.54) is 7.11 Å². The number of methoxy groups -OCH3 is 1. The number of terminal acetylenes is 1. The highest BCUT2D eigenvalue weighted by Crippen LogP contribution is 2.30. The maximum absolute atomic E-state index is 11.8. The fourth-order valence-electron chi connectivity index (χ4n) is 2.96. The Labute approximate surface area is 135 Å². The molecule has 5 heteroatoms. The number of carbonyl (C=O) groups excluding carboxylic acids is 1. The number of nitrogens with zero attached hydrogens (tertiary/aromatic N) is 2. The first-order valence-electron chi connectivity index (χ1n) is 7.46. The lowest BCUT2D eigenvalue weighted by Gasteiger charge is -2.37. The molecule has 0 bridgehead atoms. The quantitative estimate of drug-likeness (QED) is 0.627. The lowest BCUT2D eigenvalue weighted by molar-refractivity contribution is -0.158. The largest absolute Gasteiger partial charge is 0.467 e. The van der Waals surface area contributed by atoms with E-state index in [1.807, 2.05) is 31.2 Å². The van der Waals surface area contributed by atoms with E-state index in [0.717, 1.165) is 22.2 Å². The van der Waals surface area contributed by atoms with Gasteiger partial charge in [0.2, 0.25) is 0 Å². The molecule has 1 fully saturated rings. The summed E-state index contributed by atoms with van der Waals surface area (Å²) in [6, 6.07) is 7.74. The summed E-state index contributed by atoms with van der Waals surface area (Å²) < 4.78 is 10.5. The van der Waals surface area contributed by atoms with E-state index < -0.39 is 6.10 Å². The van der Waals surface area contributed by atoms with Gasteiger partial charge >= 0.3 is 5.97 Å². The van der Waals surface area contributed by atoms with Gasteiger partial charge in [0.05, 0.1) is 30.8 Å². The number of anilines is 1. The Morgan fingerprint density at radius 3 is 3.00 bits per heavy atom. The van der Waals surface area contributed by atoms with Crippen molar-refractivity contribution in [3.8, 4) is 12.3 Å². The summed E-state index contributed by atoms with van der Waals surface area (Å²) in [5.41, 5.74) is 2.55. The van der Waals surface area contributed by atoms with E-state index in [0.29, 0.717) is 13.1 Å². The highest BCUT2D eigenvalue weighted by Gasteiger charge is 2.31. The van der Waals surface area contributed by atoms with E-state index >= 15 is 0 Å². The number of morpholine rings is 1. The predicted molar refractivity (Wildman–Crippen MR) is 88.2 cm³/mol. The average molecular weight is 310 g/mol. The standard InChI is InChI=1S/C18H18N2O3/c1-4-13-7-8-15(14-6-5-9-19-17(13)14)20-10-12(2)23-16(11-20)18(21)22-3/h1,5-9,12,16H,10-11H2,2-3H3/t12-,16-/m1/s1. The van der Waals surface area contributed by atoms with Gasteiger partial charge in [-0.2, -0.15) is 0 Å². The molecule has 2 heterocycles. The molecule has 5 nitrogen and oxygen atoms in total. The van der Waals surface area contributed by atoms with Crippen LogP contribution < -0.4 is 4.90 Å². The molecular weight excluding hydrogens is 292 g/mol. The number of carbonyl (C=O) groups is 1. The van der Waals surface area contributed by atoms with Gasteiger partial charge < -0.3 is 14.4 Å². The highest BCUT2D eigenvalue weighted by molar-refractivity contribution is 5.95. The van der Waals surface area contributed by atoms with Crippen LogP contribution in [0.1, 0.15) is 12.5 Å². The molecule has 0 unspecified atom stereocenters. The van der Waals surface area contributed by atoms with Crippen LogP contribution in [0.3, 0.4) is 0 Å². The number of ether oxygens (including phenoxy) is 2. The zero-order valence-corrected chi connectivity index (χ0v) is 13.2. The van der Waals surface area contributed by atoms with Crippen molar-refractivity contribution in [2.24, 2.45) is 0 Å². The van der Waals surface area contributed by atoms with Crippen LogP contribution >= 0.6 is 0 Å². The fraction of sp³-hybridized carbons (Fsp3) is 0.333. The predicted octanol–water partition coefficient (Wildman–Crippen LogP) is 1.98. The molecule has 0 radical (unpaired) electrons. The molecule has 0 saturated carbocycles. The Morgan fingerprint density at radius 1 is 1.43 bits per heavy atom. The van der Waals surface area contributed by atoms with Gasteiger partial charge in [0, 0.05) is 23.8 Å². The lowest BCUT2D eigenvalue weighted by atomic mass is 10.1. The molecule has 1 aromatic heterocycles. The number of benzene rings is 1. The number of hydrogen-bond acceptors (Lipinski definition) is 5. The highest BCUT2D eigenvalue weighted by atomic mass is 16.6. The first-order chi connectivity index (χ1) is 11.1. The van der Waals surface area contributed by atoms with Crippen molar-refractivity contribution in [2.75, 3.05) is 25.1 Å². The molecule has 0 N–H and O–H groups in total. The topological polar surface area (TPSA) is 51.7 Å².